The number of hydrogen-bond acceptors (Lipinski definition) is 5. The maximum Gasteiger partial charge on any atom is 0.509 e. The summed E-state index contributed by atoms with van der Waals surface area (Å²) in [5.41, 5.74) is 4.32. The third kappa shape index (κ3) is 4.51. The molecule has 1 aliphatic rings. The number of ether oxygens (including phenoxy) is 2. The van der Waals surface area contributed by atoms with Crippen molar-refractivity contribution >= 4 is 45.0 Å². The van der Waals surface area contributed by atoms with Crippen LogP contribution in [-0.2, 0) is 20.5 Å². The average molecular weight is 491 g/mol. The van der Waals surface area contributed by atoms with Crippen LogP contribution in [0, 0.1) is 0 Å². The summed E-state index contributed by atoms with van der Waals surface area (Å²) in [5.74, 6) is 0.760. The molecular weight excluding hydrogens is 457 g/mol. The molecular formula is C28H34BNO4S. The van der Waals surface area contributed by atoms with Crippen molar-refractivity contribution in [2.75, 3.05) is 13.4 Å². The molecule has 3 heterocycles. The number of aryl methyl sites for hydroxylation is 1. The zero-order chi connectivity index (χ0) is 24.6. The Kier molecular flexibility index (Phi) is 6.95. The fraction of sp³-hybridized carbons (Fsp3) is 0.429. The van der Waals surface area contributed by atoms with Crippen molar-refractivity contribution in [2.24, 2.45) is 0 Å². The van der Waals surface area contributed by atoms with Crippen LogP contribution in [0.5, 0.6) is 5.75 Å². The van der Waals surface area contributed by atoms with Gasteiger partial charge in [-0.3, -0.25) is 0 Å². The Morgan fingerprint density at radius 1 is 1.09 bits per heavy atom. The minimum absolute atomic E-state index is 0.0208. The highest BCUT2D eigenvalue weighted by Gasteiger charge is 2.46. The third-order valence-corrected chi connectivity index (χ3v) is 7.95. The van der Waals surface area contributed by atoms with Gasteiger partial charge < -0.3 is 23.3 Å². The topological polar surface area (TPSA) is 41.9 Å². The summed E-state index contributed by atoms with van der Waals surface area (Å²) in [5, 5.41) is 4.66. The van der Waals surface area contributed by atoms with E-state index in [4.69, 9.17) is 18.8 Å². The lowest BCUT2D eigenvalue weighted by molar-refractivity contribution is 0.0231. The van der Waals surface area contributed by atoms with Crippen LogP contribution < -0.4 is 9.51 Å². The molecule has 1 unspecified atom stereocenters. The van der Waals surface area contributed by atoms with Gasteiger partial charge in [-0.2, -0.15) is 0 Å². The molecule has 0 N–H and O–H groups in total. The molecule has 35 heavy (non-hydrogen) atoms. The van der Waals surface area contributed by atoms with E-state index in [1.165, 1.54) is 34.7 Å². The molecule has 1 saturated heterocycles. The number of unbranched alkanes of at least 4 members (excludes halogenated alkanes) is 1. The largest absolute Gasteiger partial charge is 0.509 e. The van der Waals surface area contributed by atoms with Gasteiger partial charge in [0.25, 0.3) is 0 Å². The highest BCUT2D eigenvalue weighted by Crippen LogP contribution is 2.38. The van der Waals surface area contributed by atoms with E-state index in [0.717, 1.165) is 28.2 Å². The number of fused-ring (bicyclic) bond motifs is 3. The molecule has 0 bridgehead atoms. The van der Waals surface area contributed by atoms with E-state index in [2.05, 4.69) is 80.1 Å². The van der Waals surface area contributed by atoms with E-state index in [9.17, 15) is 0 Å². The van der Waals surface area contributed by atoms with Gasteiger partial charge >= 0.3 is 7.12 Å². The van der Waals surface area contributed by atoms with Crippen molar-refractivity contribution in [3.8, 4) is 11.4 Å². The van der Waals surface area contributed by atoms with Crippen molar-refractivity contribution in [3.63, 3.8) is 0 Å². The number of rotatable bonds is 9. The van der Waals surface area contributed by atoms with E-state index in [-0.39, 0.29) is 18.5 Å². The number of hydrogen-bond donors (Lipinski definition) is 0. The Morgan fingerprint density at radius 3 is 2.63 bits per heavy atom. The summed E-state index contributed by atoms with van der Waals surface area (Å²) in [6.45, 7) is 11.2. The second kappa shape index (κ2) is 9.98. The van der Waals surface area contributed by atoms with Gasteiger partial charge in [0.2, 0.25) is 0 Å². The Balaban J connectivity index is 1.66. The van der Waals surface area contributed by atoms with Crippen LogP contribution in [-0.4, -0.2) is 36.8 Å². The molecule has 5 rings (SSSR count). The van der Waals surface area contributed by atoms with Crippen LogP contribution in [0.25, 0.3) is 27.5 Å². The second-order valence-electron chi connectivity index (χ2n) is 9.71. The molecule has 0 radical (unpaired) electrons. The van der Waals surface area contributed by atoms with E-state index in [1.807, 2.05) is 6.92 Å². The summed E-state index contributed by atoms with van der Waals surface area (Å²) >= 11 is 1.61. The second-order valence-corrected chi connectivity index (χ2v) is 10.6. The van der Waals surface area contributed by atoms with Gasteiger partial charge in [0.15, 0.2) is 12.5 Å². The summed E-state index contributed by atoms with van der Waals surface area (Å²) in [7, 11) is -0.468. The molecule has 1 aliphatic heterocycles. The van der Waals surface area contributed by atoms with E-state index < -0.39 is 7.12 Å². The van der Waals surface area contributed by atoms with Crippen LogP contribution in [0.15, 0.2) is 47.8 Å². The summed E-state index contributed by atoms with van der Waals surface area (Å²) in [6.07, 6.45) is 3.47. The number of thiophene rings is 1. The maximum atomic E-state index is 6.31. The first kappa shape index (κ1) is 24.4. The lowest BCUT2D eigenvalue weighted by Crippen LogP contribution is -2.34. The predicted molar refractivity (Wildman–Crippen MR) is 145 cm³/mol. The number of aromatic nitrogens is 1. The first-order valence-electron chi connectivity index (χ1n) is 12.6. The fourth-order valence-corrected chi connectivity index (χ4v) is 5.61. The van der Waals surface area contributed by atoms with E-state index >= 15 is 0 Å². The smallest absolute Gasteiger partial charge is 0.465 e. The van der Waals surface area contributed by atoms with Crippen molar-refractivity contribution in [1.29, 1.82) is 0 Å². The highest BCUT2D eigenvalue weighted by molar-refractivity contribution is 7.21. The van der Waals surface area contributed by atoms with Gasteiger partial charge in [-0.1, -0.05) is 37.6 Å². The van der Waals surface area contributed by atoms with Gasteiger partial charge in [0.05, 0.1) is 33.2 Å². The first-order valence-corrected chi connectivity index (χ1v) is 13.5. The third-order valence-electron chi connectivity index (χ3n) is 6.97. The number of para-hydroxylation sites is 1. The minimum atomic E-state index is -0.468. The molecule has 0 amide bonds. The lowest BCUT2D eigenvalue weighted by Gasteiger charge is -2.21. The normalized spacial score (nSPS) is 17.6. The van der Waals surface area contributed by atoms with Crippen molar-refractivity contribution in [1.82, 2.24) is 4.57 Å². The first-order chi connectivity index (χ1) is 16.9. The van der Waals surface area contributed by atoms with Crippen LogP contribution in [0.1, 0.15) is 53.0 Å². The zero-order valence-electron chi connectivity index (χ0n) is 21.3. The predicted octanol–water partition coefficient (Wildman–Crippen LogP) is 6.47. The van der Waals surface area contributed by atoms with Crippen LogP contribution in [0.2, 0.25) is 0 Å². The molecule has 2 aromatic carbocycles. The van der Waals surface area contributed by atoms with Crippen LogP contribution >= 0.6 is 11.3 Å². The SMILES string of the molecule is CCCCc1ccc2c(c1)c1ccccc1n2-c1csc(B2OC(C)C(C)(C)O2)c1OCOCC. The van der Waals surface area contributed by atoms with Crippen molar-refractivity contribution in [2.45, 2.75) is 65.6 Å². The number of benzene rings is 2. The molecule has 5 nitrogen and oxygen atoms in total. The van der Waals surface area contributed by atoms with Gasteiger partial charge in [-0.05, 0) is 64.3 Å². The van der Waals surface area contributed by atoms with E-state index in [1.54, 1.807) is 11.3 Å². The van der Waals surface area contributed by atoms with Gasteiger partial charge in [-0.25, -0.2) is 0 Å². The minimum Gasteiger partial charge on any atom is -0.465 e. The van der Waals surface area contributed by atoms with Crippen LogP contribution in [0.4, 0.5) is 0 Å². The lowest BCUT2D eigenvalue weighted by atomic mass is 9.87. The maximum absolute atomic E-state index is 6.31. The quantitative estimate of drug-likeness (QED) is 0.153. The molecule has 184 valence electrons. The highest BCUT2D eigenvalue weighted by atomic mass is 32.1. The van der Waals surface area contributed by atoms with Crippen molar-refractivity contribution < 1.29 is 18.8 Å². The van der Waals surface area contributed by atoms with Crippen LogP contribution in [0.3, 0.4) is 0 Å². The zero-order valence-corrected chi connectivity index (χ0v) is 22.1. The Bertz CT molecular complexity index is 1330. The molecule has 4 aromatic rings. The monoisotopic (exact) mass is 491 g/mol. The summed E-state index contributed by atoms with van der Waals surface area (Å²) in [6, 6.07) is 15.5. The molecule has 0 spiro atoms. The molecule has 7 heteroatoms. The molecule has 0 saturated carbocycles. The van der Waals surface area contributed by atoms with Gasteiger partial charge in [0, 0.05) is 22.8 Å². The molecule has 1 atom stereocenters. The average Bonchev–Trinajstić information content (AvgIpc) is 3.48. The molecule has 2 aromatic heterocycles. The van der Waals surface area contributed by atoms with Gasteiger partial charge in [-0.15, -0.1) is 11.3 Å². The number of nitrogens with zero attached hydrogens (tertiary/aromatic N) is 1. The standard InChI is InChI=1S/C28H34BNO4S/c1-6-8-11-20-14-15-24-22(16-20)21-12-9-10-13-23(21)30(24)25-17-35-27(26(25)32-18-31-7-2)29-33-19(3)28(4,5)34-29/h9-10,12-17,19H,6-8,11,18H2,1-5H3. The van der Waals surface area contributed by atoms with Crippen molar-refractivity contribution in [3.05, 3.63) is 53.4 Å². The fourth-order valence-electron chi connectivity index (χ4n) is 4.68. The summed E-state index contributed by atoms with van der Waals surface area (Å²) < 4.78 is 27.6. The Hall–Kier alpha value is -2.32. The molecule has 1 fully saturated rings. The van der Waals surface area contributed by atoms with Gasteiger partial charge in [0.1, 0.15) is 0 Å². The van der Waals surface area contributed by atoms with E-state index in [0.29, 0.717) is 6.61 Å². The summed E-state index contributed by atoms with van der Waals surface area (Å²) in [4.78, 5) is 0. The molecule has 0 aliphatic carbocycles. The Morgan fingerprint density at radius 2 is 1.89 bits per heavy atom. The Labute approximate surface area is 212 Å².